The zero-order valence-electron chi connectivity index (χ0n) is 14.5. The van der Waals surface area contributed by atoms with Crippen molar-refractivity contribution in [1.29, 1.82) is 0 Å². The Morgan fingerprint density at radius 1 is 1.19 bits per heavy atom. The van der Waals surface area contributed by atoms with Gasteiger partial charge in [-0.15, -0.1) is 0 Å². The Morgan fingerprint density at radius 3 is 2.41 bits per heavy atom. The molecule has 0 atom stereocenters. The number of nitro groups is 1. The van der Waals surface area contributed by atoms with Gasteiger partial charge in [-0.1, -0.05) is 0 Å². The Hall–Kier alpha value is -3.52. The van der Waals surface area contributed by atoms with Crippen LogP contribution in [0.15, 0.2) is 59.2 Å². The third-order valence-corrected chi connectivity index (χ3v) is 4.03. The highest BCUT2D eigenvalue weighted by molar-refractivity contribution is 6.33. The molecule has 138 valence electrons. The van der Waals surface area contributed by atoms with Crippen molar-refractivity contribution in [2.75, 3.05) is 20.3 Å². The van der Waals surface area contributed by atoms with Gasteiger partial charge in [-0.25, -0.2) is 5.01 Å². The summed E-state index contributed by atoms with van der Waals surface area (Å²) in [6.07, 6.45) is 1.63. The van der Waals surface area contributed by atoms with Crippen molar-refractivity contribution < 1.29 is 19.6 Å². The van der Waals surface area contributed by atoms with Gasteiger partial charge < -0.3 is 9.84 Å². The number of ether oxygens (including phenoxy) is 1. The maximum absolute atomic E-state index is 12.7. The van der Waals surface area contributed by atoms with Crippen LogP contribution in [0.3, 0.4) is 0 Å². The zero-order chi connectivity index (χ0) is 19.4. The number of hydrogen-bond acceptors (Lipinski definition) is 6. The first-order valence-corrected chi connectivity index (χ1v) is 8.16. The number of β-amino-alcohol motifs (C(OH)–C–C–N with tert-alkyl or cyclic N) is 1. The summed E-state index contributed by atoms with van der Waals surface area (Å²) >= 11 is 0. The largest absolute Gasteiger partial charge is 0.497 e. The first-order chi connectivity index (χ1) is 13.0. The van der Waals surface area contributed by atoms with E-state index in [1.807, 2.05) is 0 Å². The van der Waals surface area contributed by atoms with Crippen LogP contribution in [0.1, 0.15) is 11.1 Å². The van der Waals surface area contributed by atoms with E-state index in [-0.39, 0.29) is 24.7 Å². The standard InChI is InChI=1S/C19H17N3O5/c1-27-16-8-4-14(5-9-16)18-17(19(24)21(20-18)10-11-23)12-13-2-6-15(7-3-13)22(25)26/h2-9,12,23H,10-11H2,1H3. The van der Waals surface area contributed by atoms with Gasteiger partial charge in [-0.05, 0) is 48.0 Å². The molecule has 0 aromatic heterocycles. The average Bonchev–Trinajstić information content (AvgIpc) is 2.98. The van der Waals surface area contributed by atoms with Crippen molar-refractivity contribution in [2.45, 2.75) is 0 Å². The fourth-order valence-electron chi connectivity index (χ4n) is 2.66. The molecule has 0 unspecified atom stereocenters. The summed E-state index contributed by atoms with van der Waals surface area (Å²) in [5.41, 5.74) is 2.14. The predicted octanol–water partition coefficient (Wildman–Crippen LogP) is 2.23. The fourth-order valence-corrected chi connectivity index (χ4v) is 2.66. The zero-order valence-corrected chi connectivity index (χ0v) is 14.5. The number of rotatable bonds is 6. The molecule has 0 radical (unpaired) electrons. The van der Waals surface area contributed by atoms with E-state index >= 15 is 0 Å². The number of hydrazone groups is 1. The molecule has 1 aliphatic heterocycles. The number of carbonyl (C=O) groups is 1. The molecule has 0 aliphatic carbocycles. The summed E-state index contributed by atoms with van der Waals surface area (Å²) in [7, 11) is 1.56. The Balaban J connectivity index is 2.00. The minimum atomic E-state index is -0.481. The van der Waals surface area contributed by atoms with E-state index in [4.69, 9.17) is 9.84 Å². The quantitative estimate of drug-likeness (QED) is 0.479. The van der Waals surface area contributed by atoms with E-state index in [2.05, 4.69) is 5.10 Å². The predicted molar refractivity (Wildman–Crippen MR) is 99.4 cm³/mol. The number of benzene rings is 2. The van der Waals surface area contributed by atoms with Gasteiger partial charge in [0.2, 0.25) is 0 Å². The number of aliphatic hydroxyl groups is 1. The number of nitro benzene ring substituents is 1. The number of aliphatic hydroxyl groups excluding tert-OH is 1. The van der Waals surface area contributed by atoms with Gasteiger partial charge in [0, 0.05) is 17.7 Å². The molecule has 1 aliphatic rings. The number of amides is 1. The first-order valence-electron chi connectivity index (χ1n) is 8.16. The third kappa shape index (κ3) is 3.85. The van der Waals surface area contributed by atoms with Crippen LogP contribution in [0.2, 0.25) is 0 Å². The minimum absolute atomic E-state index is 0.0270. The van der Waals surface area contributed by atoms with Crippen LogP contribution < -0.4 is 4.74 Å². The molecule has 0 spiro atoms. The molecule has 0 fully saturated rings. The summed E-state index contributed by atoms with van der Waals surface area (Å²) in [6, 6.07) is 13.0. The minimum Gasteiger partial charge on any atom is -0.497 e. The van der Waals surface area contributed by atoms with E-state index < -0.39 is 4.92 Å². The van der Waals surface area contributed by atoms with E-state index in [1.165, 1.54) is 17.1 Å². The van der Waals surface area contributed by atoms with E-state index in [0.29, 0.717) is 22.6 Å². The van der Waals surface area contributed by atoms with Gasteiger partial charge in [-0.3, -0.25) is 14.9 Å². The van der Waals surface area contributed by atoms with Crippen molar-refractivity contribution in [3.8, 4) is 5.75 Å². The van der Waals surface area contributed by atoms with Crippen molar-refractivity contribution in [3.05, 3.63) is 75.3 Å². The third-order valence-electron chi connectivity index (χ3n) is 4.03. The van der Waals surface area contributed by atoms with Crippen molar-refractivity contribution in [3.63, 3.8) is 0 Å². The number of carbonyl (C=O) groups excluding carboxylic acids is 1. The lowest BCUT2D eigenvalue weighted by atomic mass is 10.00. The van der Waals surface area contributed by atoms with Crippen LogP contribution in [0.4, 0.5) is 5.69 Å². The Kier molecular flexibility index (Phi) is 5.28. The van der Waals surface area contributed by atoms with Crippen LogP contribution in [0, 0.1) is 10.1 Å². The Bertz CT molecular complexity index is 917. The Labute approximate surface area is 155 Å². The summed E-state index contributed by atoms with van der Waals surface area (Å²) < 4.78 is 5.15. The maximum atomic E-state index is 12.7. The first kappa shape index (κ1) is 18.3. The maximum Gasteiger partial charge on any atom is 0.276 e. The summed E-state index contributed by atoms with van der Waals surface area (Å²) in [5.74, 6) is 0.338. The van der Waals surface area contributed by atoms with Crippen molar-refractivity contribution in [1.82, 2.24) is 5.01 Å². The van der Waals surface area contributed by atoms with Crippen molar-refractivity contribution in [2.24, 2.45) is 5.10 Å². The lowest BCUT2D eigenvalue weighted by molar-refractivity contribution is -0.384. The highest BCUT2D eigenvalue weighted by atomic mass is 16.6. The van der Waals surface area contributed by atoms with Gasteiger partial charge >= 0.3 is 0 Å². The summed E-state index contributed by atoms with van der Waals surface area (Å²) in [5, 5.41) is 25.5. The second kappa shape index (κ2) is 7.79. The molecule has 1 N–H and O–H groups in total. The number of hydrogen-bond donors (Lipinski definition) is 1. The second-order valence-corrected chi connectivity index (χ2v) is 5.74. The van der Waals surface area contributed by atoms with Gasteiger partial charge in [0.05, 0.1) is 30.8 Å². The second-order valence-electron chi connectivity index (χ2n) is 5.74. The van der Waals surface area contributed by atoms with Gasteiger partial charge in [-0.2, -0.15) is 5.10 Å². The topological polar surface area (TPSA) is 105 Å². The highest BCUT2D eigenvalue weighted by Crippen LogP contribution is 2.25. The molecular formula is C19H17N3O5. The SMILES string of the molecule is COc1ccc(C2=NN(CCO)C(=O)C2=Cc2ccc([N+](=O)[O-])cc2)cc1. The van der Waals surface area contributed by atoms with Gasteiger partial charge in [0.25, 0.3) is 11.6 Å². The molecule has 3 rings (SSSR count). The molecule has 1 amide bonds. The van der Waals surface area contributed by atoms with Crippen LogP contribution in [0.5, 0.6) is 5.75 Å². The molecule has 0 saturated carbocycles. The van der Waals surface area contributed by atoms with Gasteiger partial charge in [0.15, 0.2) is 0 Å². The number of non-ortho nitro benzene ring substituents is 1. The van der Waals surface area contributed by atoms with E-state index in [1.54, 1.807) is 49.6 Å². The molecule has 8 heteroatoms. The molecule has 2 aromatic rings. The molecule has 0 saturated heterocycles. The van der Waals surface area contributed by atoms with Crippen molar-refractivity contribution >= 4 is 23.4 Å². The van der Waals surface area contributed by atoms with Crippen LogP contribution in [-0.2, 0) is 4.79 Å². The Morgan fingerprint density at radius 2 is 1.85 bits per heavy atom. The van der Waals surface area contributed by atoms with Crippen LogP contribution in [-0.4, -0.2) is 46.9 Å². The average molecular weight is 367 g/mol. The van der Waals surface area contributed by atoms with E-state index in [9.17, 15) is 14.9 Å². The van der Waals surface area contributed by atoms with E-state index in [0.717, 1.165) is 5.56 Å². The van der Waals surface area contributed by atoms with Crippen LogP contribution in [0.25, 0.3) is 6.08 Å². The van der Waals surface area contributed by atoms with Gasteiger partial charge in [0.1, 0.15) is 11.5 Å². The highest BCUT2D eigenvalue weighted by Gasteiger charge is 2.30. The van der Waals surface area contributed by atoms with Crippen LogP contribution >= 0.6 is 0 Å². The molecule has 2 aromatic carbocycles. The smallest absolute Gasteiger partial charge is 0.276 e. The molecule has 1 heterocycles. The lowest BCUT2D eigenvalue weighted by Gasteiger charge is -2.08. The molecule has 0 bridgehead atoms. The molecular weight excluding hydrogens is 350 g/mol. The monoisotopic (exact) mass is 367 g/mol. The fraction of sp³-hybridized carbons (Fsp3) is 0.158. The molecule has 8 nitrogen and oxygen atoms in total. The number of nitrogens with zero attached hydrogens (tertiary/aromatic N) is 3. The normalized spacial score (nSPS) is 15.2. The lowest BCUT2D eigenvalue weighted by Crippen LogP contribution is -2.25. The summed E-state index contributed by atoms with van der Waals surface area (Å²) in [6.45, 7) is -0.133. The number of methoxy groups -OCH3 is 1. The molecule has 27 heavy (non-hydrogen) atoms. The summed E-state index contributed by atoms with van der Waals surface area (Å²) in [4.78, 5) is 23.0.